The van der Waals surface area contributed by atoms with Gasteiger partial charge < -0.3 is 40.4 Å². The topological polar surface area (TPSA) is 110 Å². The molecule has 2 aromatic carbocycles. The van der Waals surface area contributed by atoms with Crippen molar-refractivity contribution >= 4 is 52.6 Å². The zero-order valence-corrected chi connectivity index (χ0v) is 30.0. The number of ether oxygens (including phenoxy) is 1. The summed E-state index contributed by atoms with van der Waals surface area (Å²) in [6.45, 7) is 18.4. The third-order valence-electron chi connectivity index (χ3n) is 9.77. The summed E-state index contributed by atoms with van der Waals surface area (Å²) < 4.78 is 19.5. The van der Waals surface area contributed by atoms with E-state index in [0.717, 1.165) is 78.6 Å². The van der Waals surface area contributed by atoms with Crippen molar-refractivity contribution in [2.24, 2.45) is 0 Å². The molecular formula is C35H52N9O2P. The van der Waals surface area contributed by atoms with Crippen LogP contribution >= 0.6 is 7.14 Å². The number of likely N-dealkylation sites (N-methyl/N-ethyl adjacent to an activating group) is 1. The van der Waals surface area contributed by atoms with Crippen LogP contribution < -0.4 is 36.2 Å². The highest BCUT2D eigenvalue weighted by Gasteiger charge is 2.29. The van der Waals surface area contributed by atoms with Gasteiger partial charge in [0.05, 0.1) is 35.2 Å². The van der Waals surface area contributed by atoms with Gasteiger partial charge in [-0.2, -0.15) is 4.98 Å². The van der Waals surface area contributed by atoms with E-state index < -0.39 is 7.14 Å². The Morgan fingerprint density at radius 3 is 2.38 bits per heavy atom. The Morgan fingerprint density at radius 2 is 1.70 bits per heavy atom. The van der Waals surface area contributed by atoms with Crippen LogP contribution in [0.2, 0.25) is 0 Å². The second-order valence-electron chi connectivity index (χ2n) is 13.9. The van der Waals surface area contributed by atoms with Gasteiger partial charge in [0.15, 0.2) is 0 Å². The summed E-state index contributed by atoms with van der Waals surface area (Å²) in [7, 11) is 1.28. The lowest BCUT2D eigenvalue weighted by atomic mass is 10.0. The van der Waals surface area contributed by atoms with Crippen molar-refractivity contribution in [3.8, 4) is 5.75 Å². The Labute approximate surface area is 280 Å². The van der Waals surface area contributed by atoms with Crippen LogP contribution in [0.25, 0.3) is 0 Å². The summed E-state index contributed by atoms with van der Waals surface area (Å²) in [4.78, 5) is 17.3. The Morgan fingerprint density at radius 1 is 0.979 bits per heavy atom. The minimum Gasteiger partial charge on any atom is -0.494 e. The van der Waals surface area contributed by atoms with Gasteiger partial charge in [-0.1, -0.05) is 13.8 Å². The predicted molar refractivity (Wildman–Crippen MR) is 197 cm³/mol. The third kappa shape index (κ3) is 7.32. The molecule has 4 N–H and O–H groups in total. The smallest absolute Gasteiger partial charge is 0.229 e. The van der Waals surface area contributed by atoms with Crippen LogP contribution in [0.1, 0.15) is 43.7 Å². The highest BCUT2D eigenvalue weighted by atomic mass is 31.2. The molecule has 0 radical (unpaired) electrons. The Hall–Kier alpha value is -3.53. The maximum atomic E-state index is 13.6. The Kier molecular flexibility index (Phi) is 9.88. The maximum Gasteiger partial charge on any atom is 0.229 e. The summed E-state index contributed by atoms with van der Waals surface area (Å²) in [5, 5.41) is 14.7. The molecule has 3 aliphatic heterocycles. The van der Waals surface area contributed by atoms with Gasteiger partial charge in [0, 0.05) is 81.9 Å². The van der Waals surface area contributed by atoms with E-state index in [-0.39, 0.29) is 5.92 Å². The van der Waals surface area contributed by atoms with E-state index in [2.05, 4.69) is 75.9 Å². The summed E-state index contributed by atoms with van der Waals surface area (Å²) >= 11 is 0. The second-order valence-corrected chi connectivity index (χ2v) is 17.0. The highest BCUT2D eigenvalue weighted by Crippen LogP contribution is 2.45. The highest BCUT2D eigenvalue weighted by molar-refractivity contribution is 7.70. The van der Waals surface area contributed by atoms with Gasteiger partial charge in [0.2, 0.25) is 5.95 Å². The van der Waals surface area contributed by atoms with Gasteiger partial charge in [-0.25, -0.2) is 4.98 Å². The molecule has 0 aliphatic carbocycles. The number of fused-ring (bicyclic) bond motifs is 1. The van der Waals surface area contributed by atoms with E-state index in [0.29, 0.717) is 17.8 Å². The summed E-state index contributed by atoms with van der Waals surface area (Å²) in [6.07, 6.45) is 4.23. The lowest BCUT2D eigenvalue weighted by Crippen LogP contribution is -2.52. The normalized spacial score (nSPS) is 18.0. The number of hydrogen-bond acceptors (Lipinski definition) is 11. The minimum absolute atomic E-state index is 0.180. The lowest BCUT2D eigenvalue weighted by molar-refractivity contribution is 0.0982. The Balaban J connectivity index is 1.23. The van der Waals surface area contributed by atoms with Crippen molar-refractivity contribution in [1.82, 2.24) is 19.8 Å². The minimum atomic E-state index is -2.65. The number of piperazine rings is 1. The molecule has 0 amide bonds. The molecule has 2 saturated heterocycles. The SMILES string of the molecule is COc1cc(N2CCC(N3CCN(C)CC3)CC2)c(C)cc1Nc1ncc(C(C)C)c(Nc2ccc3c(c2P(C)(C)=O)NCCN3)n1. The van der Waals surface area contributed by atoms with Crippen LogP contribution in [0.4, 0.5) is 40.2 Å². The molecule has 3 aromatic rings. The number of hydrogen-bond donors (Lipinski definition) is 4. The molecule has 0 bridgehead atoms. The fourth-order valence-corrected chi connectivity index (χ4v) is 8.58. The first-order valence-electron chi connectivity index (χ1n) is 17.0. The first-order valence-corrected chi connectivity index (χ1v) is 19.6. The first kappa shape index (κ1) is 33.4. The third-order valence-corrected chi connectivity index (χ3v) is 11.3. The largest absolute Gasteiger partial charge is 0.494 e. The van der Waals surface area contributed by atoms with Crippen LogP contribution in [0.15, 0.2) is 30.5 Å². The quantitative estimate of drug-likeness (QED) is 0.212. The maximum absolute atomic E-state index is 13.6. The molecule has 11 nitrogen and oxygen atoms in total. The molecule has 47 heavy (non-hydrogen) atoms. The number of anilines is 7. The number of aryl methyl sites for hydroxylation is 1. The molecule has 0 saturated carbocycles. The number of rotatable bonds is 9. The van der Waals surface area contributed by atoms with Crippen molar-refractivity contribution in [2.45, 2.75) is 45.6 Å². The van der Waals surface area contributed by atoms with E-state index in [1.54, 1.807) is 7.11 Å². The van der Waals surface area contributed by atoms with Crippen molar-refractivity contribution in [1.29, 1.82) is 0 Å². The molecule has 0 unspecified atom stereocenters. The van der Waals surface area contributed by atoms with Gasteiger partial charge in [-0.3, -0.25) is 4.90 Å². The van der Waals surface area contributed by atoms with Gasteiger partial charge in [0.1, 0.15) is 18.7 Å². The molecule has 0 atom stereocenters. The van der Waals surface area contributed by atoms with Crippen molar-refractivity contribution in [3.63, 3.8) is 0 Å². The summed E-state index contributed by atoms with van der Waals surface area (Å²) in [5.74, 6) is 2.09. The number of aromatic nitrogens is 2. The number of benzene rings is 2. The molecule has 4 heterocycles. The number of nitrogens with one attached hydrogen (secondary N) is 4. The standard InChI is InChI=1S/C35H52N9O2P/c1-23(2)26-22-38-35(41-34(26)39-28-9-8-27-32(37-13-12-36-27)33(28)47(6,7)45)40-29-20-24(3)30(21-31(29)46-5)44-14-10-25(11-15-44)43-18-16-42(4)17-19-43/h8-9,20-23,25,36-37H,10-19H2,1-7H3,(H2,38,39,40,41). The molecule has 1 aromatic heterocycles. The lowest BCUT2D eigenvalue weighted by Gasteiger charge is -2.43. The number of nitrogens with zero attached hydrogens (tertiary/aromatic N) is 5. The van der Waals surface area contributed by atoms with E-state index in [9.17, 15) is 4.57 Å². The zero-order valence-electron chi connectivity index (χ0n) is 29.1. The Bertz CT molecular complexity index is 1630. The molecular weight excluding hydrogens is 609 g/mol. The zero-order chi connectivity index (χ0) is 33.3. The summed E-state index contributed by atoms with van der Waals surface area (Å²) in [5.41, 5.74) is 6.86. The van der Waals surface area contributed by atoms with Crippen LogP contribution in [0, 0.1) is 6.92 Å². The van der Waals surface area contributed by atoms with E-state index in [1.165, 1.54) is 37.2 Å². The molecule has 3 aliphatic rings. The van der Waals surface area contributed by atoms with Gasteiger partial charge in [-0.05, 0) is 69.8 Å². The fourth-order valence-electron chi connectivity index (χ4n) is 7.13. The van der Waals surface area contributed by atoms with Crippen molar-refractivity contribution < 1.29 is 9.30 Å². The fraction of sp³-hybridized carbons (Fsp3) is 0.543. The average Bonchev–Trinajstić information content (AvgIpc) is 3.05. The number of piperidine rings is 1. The van der Waals surface area contributed by atoms with E-state index in [4.69, 9.17) is 14.7 Å². The van der Waals surface area contributed by atoms with Crippen LogP contribution in [0.5, 0.6) is 5.75 Å². The van der Waals surface area contributed by atoms with Crippen LogP contribution in [0.3, 0.4) is 0 Å². The van der Waals surface area contributed by atoms with Crippen molar-refractivity contribution in [2.75, 3.05) is 106 Å². The van der Waals surface area contributed by atoms with Gasteiger partial charge >= 0.3 is 0 Å². The molecule has 6 rings (SSSR count). The van der Waals surface area contributed by atoms with E-state index >= 15 is 0 Å². The average molecular weight is 662 g/mol. The second kappa shape index (κ2) is 13.9. The van der Waals surface area contributed by atoms with Crippen LogP contribution in [-0.4, -0.2) is 106 Å². The monoisotopic (exact) mass is 661 g/mol. The van der Waals surface area contributed by atoms with E-state index in [1.807, 2.05) is 31.7 Å². The predicted octanol–water partition coefficient (Wildman–Crippen LogP) is 5.71. The molecule has 12 heteroatoms. The van der Waals surface area contributed by atoms with Crippen molar-refractivity contribution in [3.05, 3.63) is 41.6 Å². The summed E-state index contributed by atoms with van der Waals surface area (Å²) in [6, 6.07) is 8.98. The molecule has 254 valence electrons. The molecule has 0 spiro atoms. The van der Waals surface area contributed by atoms with Gasteiger partial charge in [-0.15, -0.1) is 0 Å². The number of methoxy groups -OCH3 is 1. The molecule has 2 fully saturated rings. The first-order chi connectivity index (χ1) is 22.5. The van der Waals surface area contributed by atoms with Crippen LogP contribution in [-0.2, 0) is 4.57 Å². The van der Waals surface area contributed by atoms with Gasteiger partial charge in [0.25, 0.3) is 0 Å².